The molecular formula is C20H22ClNO3. The van der Waals surface area contributed by atoms with Crippen molar-refractivity contribution in [2.24, 2.45) is 0 Å². The summed E-state index contributed by atoms with van der Waals surface area (Å²) < 4.78 is 4.71. The number of alkyl halides is 1. The minimum atomic E-state index is -0.351. The van der Waals surface area contributed by atoms with Crippen LogP contribution in [-0.2, 0) is 9.53 Å². The van der Waals surface area contributed by atoms with E-state index in [1.165, 1.54) is 7.11 Å². The number of amides is 1. The molecule has 0 aliphatic carbocycles. The number of ether oxygens (including phenoxy) is 1. The second-order valence-electron chi connectivity index (χ2n) is 5.79. The minimum Gasteiger partial charge on any atom is -0.465 e. The van der Waals surface area contributed by atoms with Gasteiger partial charge in [-0.05, 0) is 60.7 Å². The predicted octanol–water partition coefficient (Wildman–Crippen LogP) is 4.80. The molecule has 1 N–H and O–H groups in total. The van der Waals surface area contributed by atoms with Crippen LogP contribution in [0.4, 0.5) is 5.69 Å². The van der Waals surface area contributed by atoms with E-state index in [0.29, 0.717) is 17.9 Å². The van der Waals surface area contributed by atoms with Crippen molar-refractivity contribution in [1.82, 2.24) is 0 Å². The standard InChI is InChI=1S/C20H22ClNO3/c1-14-13-17(22-19(23)5-3-4-12-21)10-11-18(14)15-6-8-16(9-7-15)20(24)25-2/h6-11,13H,3-5,12H2,1-2H3,(H,22,23). The van der Waals surface area contributed by atoms with Crippen LogP contribution in [0, 0.1) is 6.92 Å². The highest BCUT2D eigenvalue weighted by molar-refractivity contribution is 6.17. The highest BCUT2D eigenvalue weighted by atomic mass is 35.5. The summed E-state index contributed by atoms with van der Waals surface area (Å²) in [5, 5.41) is 2.91. The molecular weight excluding hydrogens is 338 g/mol. The Morgan fingerprint density at radius 1 is 1.08 bits per heavy atom. The summed E-state index contributed by atoms with van der Waals surface area (Å²) in [4.78, 5) is 23.4. The van der Waals surface area contributed by atoms with E-state index < -0.39 is 0 Å². The third-order valence-corrected chi connectivity index (χ3v) is 4.18. The average molecular weight is 360 g/mol. The number of benzene rings is 2. The number of anilines is 1. The molecule has 0 atom stereocenters. The summed E-state index contributed by atoms with van der Waals surface area (Å²) in [7, 11) is 1.36. The molecule has 0 aliphatic heterocycles. The first-order valence-corrected chi connectivity index (χ1v) is 8.74. The van der Waals surface area contributed by atoms with Crippen LogP contribution in [0.5, 0.6) is 0 Å². The maximum absolute atomic E-state index is 11.9. The Bertz CT molecular complexity index is 741. The van der Waals surface area contributed by atoms with Gasteiger partial charge >= 0.3 is 5.97 Å². The maximum atomic E-state index is 11.9. The fraction of sp³-hybridized carbons (Fsp3) is 0.300. The quantitative estimate of drug-likeness (QED) is 0.439. The summed E-state index contributed by atoms with van der Waals surface area (Å²) in [6.07, 6.45) is 2.11. The van der Waals surface area contributed by atoms with Gasteiger partial charge in [0, 0.05) is 18.0 Å². The minimum absolute atomic E-state index is 0.000280. The van der Waals surface area contributed by atoms with Crippen molar-refractivity contribution in [3.05, 3.63) is 53.6 Å². The fourth-order valence-electron chi connectivity index (χ4n) is 2.57. The van der Waals surface area contributed by atoms with Crippen molar-refractivity contribution in [3.63, 3.8) is 0 Å². The molecule has 5 heteroatoms. The van der Waals surface area contributed by atoms with Gasteiger partial charge in [-0.1, -0.05) is 18.2 Å². The normalized spacial score (nSPS) is 10.4. The van der Waals surface area contributed by atoms with E-state index in [-0.39, 0.29) is 11.9 Å². The van der Waals surface area contributed by atoms with Gasteiger partial charge in [0.05, 0.1) is 12.7 Å². The molecule has 0 radical (unpaired) electrons. The summed E-state index contributed by atoms with van der Waals surface area (Å²) >= 11 is 5.62. The van der Waals surface area contributed by atoms with E-state index in [1.54, 1.807) is 12.1 Å². The van der Waals surface area contributed by atoms with E-state index in [9.17, 15) is 9.59 Å². The molecule has 0 heterocycles. The van der Waals surface area contributed by atoms with E-state index in [4.69, 9.17) is 16.3 Å². The van der Waals surface area contributed by atoms with Crippen LogP contribution in [0.2, 0.25) is 0 Å². The zero-order valence-corrected chi connectivity index (χ0v) is 15.2. The average Bonchev–Trinajstić information content (AvgIpc) is 2.61. The number of carbonyl (C=O) groups is 2. The first-order valence-electron chi connectivity index (χ1n) is 8.20. The molecule has 132 valence electrons. The van der Waals surface area contributed by atoms with Gasteiger partial charge < -0.3 is 10.1 Å². The molecule has 0 bridgehead atoms. The summed E-state index contributed by atoms with van der Waals surface area (Å²) in [5.41, 5.74) is 4.40. The predicted molar refractivity (Wildman–Crippen MR) is 101 cm³/mol. The van der Waals surface area contributed by atoms with Crippen molar-refractivity contribution in [3.8, 4) is 11.1 Å². The number of esters is 1. The van der Waals surface area contributed by atoms with Gasteiger partial charge in [-0.15, -0.1) is 11.6 Å². The van der Waals surface area contributed by atoms with Gasteiger partial charge in [0.2, 0.25) is 5.91 Å². The van der Waals surface area contributed by atoms with Gasteiger partial charge in [-0.25, -0.2) is 4.79 Å². The molecule has 0 aromatic heterocycles. The first-order chi connectivity index (χ1) is 12.0. The maximum Gasteiger partial charge on any atom is 0.337 e. The van der Waals surface area contributed by atoms with Crippen molar-refractivity contribution in [2.45, 2.75) is 26.2 Å². The van der Waals surface area contributed by atoms with Crippen LogP contribution in [0.25, 0.3) is 11.1 Å². The molecule has 2 aromatic carbocycles. The lowest BCUT2D eigenvalue weighted by Gasteiger charge is -2.11. The van der Waals surface area contributed by atoms with Crippen molar-refractivity contribution < 1.29 is 14.3 Å². The van der Waals surface area contributed by atoms with Crippen LogP contribution in [0.15, 0.2) is 42.5 Å². The lowest BCUT2D eigenvalue weighted by Crippen LogP contribution is -2.11. The first kappa shape index (κ1) is 19.0. The summed E-state index contributed by atoms with van der Waals surface area (Å²) in [5.74, 6) is 0.228. The largest absolute Gasteiger partial charge is 0.465 e. The van der Waals surface area contributed by atoms with Crippen LogP contribution in [0.1, 0.15) is 35.2 Å². The Labute approximate surface area is 153 Å². The Hall–Kier alpha value is -2.33. The summed E-state index contributed by atoms with van der Waals surface area (Å²) in [6.45, 7) is 1.99. The smallest absolute Gasteiger partial charge is 0.337 e. The third-order valence-electron chi connectivity index (χ3n) is 3.91. The third kappa shape index (κ3) is 5.33. The molecule has 1 amide bonds. The van der Waals surface area contributed by atoms with Crippen LogP contribution in [-0.4, -0.2) is 24.9 Å². The summed E-state index contributed by atoms with van der Waals surface area (Å²) in [6, 6.07) is 13.1. The van der Waals surface area contributed by atoms with Crippen molar-refractivity contribution in [2.75, 3.05) is 18.3 Å². The monoisotopic (exact) mass is 359 g/mol. The molecule has 0 aliphatic rings. The van der Waals surface area contributed by atoms with Gasteiger partial charge in [-0.3, -0.25) is 4.79 Å². The zero-order valence-electron chi connectivity index (χ0n) is 14.5. The zero-order chi connectivity index (χ0) is 18.2. The van der Waals surface area contributed by atoms with Crippen LogP contribution in [0.3, 0.4) is 0 Å². The van der Waals surface area contributed by atoms with E-state index in [1.807, 2.05) is 37.3 Å². The molecule has 0 spiro atoms. The number of carbonyl (C=O) groups excluding carboxylic acids is 2. The fourth-order valence-corrected chi connectivity index (χ4v) is 2.76. The highest BCUT2D eigenvalue weighted by Crippen LogP contribution is 2.26. The Kier molecular flexibility index (Phi) is 7.02. The molecule has 0 unspecified atom stereocenters. The second-order valence-corrected chi connectivity index (χ2v) is 6.17. The van der Waals surface area contributed by atoms with Gasteiger partial charge in [-0.2, -0.15) is 0 Å². The number of aryl methyl sites for hydroxylation is 1. The Morgan fingerprint density at radius 3 is 2.40 bits per heavy atom. The Morgan fingerprint density at radius 2 is 1.80 bits per heavy atom. The second kappa shape index (κ2) is 9.23. The number of nitrogens with one attached hydrogen (secondary N) is 1. The van der Waals surface area contributed by atoms with Crippen molar-refractivity contribution in [1.29, 1.82) is 0 Å². The van der Waals surface area contributed by atoms with Crippen LogP contribution >= 0.6 is 11.6 Å². The van der Waals surface area contributed by atoms with Gasteiger partial charge in [0.25, 0.3) is 0 Å². The van der Waals surface area contributed by atoms with E-state index in [2.05, 4.69) is 5.32 Å². The number of hydrogen-bond donors (Lipinski definition) is 1. The van der Waals surface area contributed by atoms with E-state index in [0.717, 1.165) is 35.2 Å². The van der Waals surface area contributed by atoms with E-state index >= 15 is 0 Å². The van der Waals surface area contributed by atoms with Crippen LogP contribution < -0.4 is 5.32 Å². The molecule has 0 saturated carbocycles. The molecule has 2 aromatic rings. The lowest BCUT2D eigenvalue weighted by molar-refractivity contribution is -0.116. The topological polar surface area (TPSA) is 55.4 Å². The molecule has 25 heavy (non-hydrogen) atoms. The highest BCUT2D eigenvalue weighted by Gasteiger charge is 2.08. The number of unbranched alkanes of at least 4 members (excludes halogenated alkanes) is 1. The molecule has 2 rings (SSSR count). The number of methoxy groups -OCH3 is 1. The number of hydrogen-bond acceptors (Lipinski definition) is 3. The molecule has 4 nitrogen and oxygen atoms in total. The lowest BCUT2D eigenvalue weighted by atomic mass is 9.99. The number of halogens is 1. The SMILES string of the molecule is COC(=O)c1ccc(-c2ccc(NC(=O)CCCCCl)cc2C)cc1. The van der Waals surface area contributed by atoms with Gasteiger partial charge in [0.1, 0.15) is 0 Å². The molecule has 0 saturated heterocycles. The van der Waals surface area contributed by atoms with Gasteiger partial charge in [0.15, 0.2) is 0 Å². The number of rotatable bonds is 7. The molecule has 0 fully saturated rings. The Balaban J connectivity index is 2.08. The van der Waals surface area contributed by atoms with Crippen molar-refractivity contribution >= 4 is 29.2 Å².